The zero-order valence-electron chi connectivity index (χ0n) is 9.73. The minimum Gasteiger partial charge on any atom is -0.398 e. The molecule has 2 nitrogen and oxygen atoms in total. The fraction of sp³-hybridized carbons (Fsp3) is 0.286. The Kier molecular flexibility index (Phi) is 2.87. The molecular formula is C14H16N2S. The average molecular weight is 244 g/mol. The molecule has 0 saturated carbocycles. The number of hydrogen-bond acceptors (Lipinski definition) is 3. The minimum absolute atomic E-state index is 0.945. The van der Waals surface area contributed by atoms with Crippen molar-refractivity contribution in [3.8, 4) is 0 Å². The molecule has 0 aliphatic carbocycles. The summed E-state index contributed by atoms with van der Waals surface area (Å²) in [5, 5.41) is 4.38. The van der Waals surface area contributed by atoms with Gasteiger partial charge in [0.2, 0.25) is 0 Å². The van der Waals surface area contributed by atoms with Gasteiger partial charge in [-0.15, -0.1) is 0 Å². The first-order valence-corrected chi connectivity index (χ1v) is 6.87. The third-order valence-corrected chi connectivity index (χ3v) is 4.11. The molecule has 1 aromatic carbocycles. The highest BCUT2D eigenvalue weighted by Crippen LogP contribution is 2.27. The zero-order chi connectivity index (χ0) is 11.7. The van der Waals surface area contributed by atoms with Gasteiger partial charge in [0.15, 0.2) is 0 Å². The summed E-state index contributed by atoms with van der Waals surface area (Å²) in [6, 6.07) is 8.45. The molecule has 0 atom stereocenters. The second-order valence-corrected chi connectivity index (χ2v) is 5.36. The molecule has 0 fully saturated rings. The average Bonchev–Trinajstić information content (AvgIpc) is 2.95. The lowest BCUT2D eigenvalue weighted by Crippen LogP contribution is -2.19. The van der Waals surface area contributed by atoms with E-state index in [0.29, 0.717) is 0 Å². The number of nitrogens with two attached hydrogens (primary N) is 1. The molecule has 0 saturated heterocycles. The van der Waals surface area contributed by atoms with Crippen LogP contribution in [0.1, 0.15) is 16.7 Å². The minimum atomic E-state index is 0.945. The van der Waals surface area contributed by atoms with Gasteiger partial charge in [0.05, 0.1) is 0 Å². The van der Waals surface area contributed by atoms with Gasteiger partial charge in [0.1, 0.15) is 0 Å². The Morgan fingerprint density at radius 1 is 1.24 bits per heavy atom. The standard InChI is InChI=1S/C14H16N2S/c15-14-3-1-2-12-8-16(9-13(12)14)6-4-11-5-7-17-10-11/h1-3,5,7,10H,4,6,8-9,15H2. The van der Waals surface area contributed by atoms with Crippen LogP contribution in [0.2, 0.25) is 0 Å². The van der Waals surface area contributed by atoms with Crippen molar-refractivity contribution in [1.29, 1.82) is 0 Å². The highest BCUT2D eigenvalue weighted by Gasteiger charge is 2.19. The second-order valence-electron chi connectivity index (χ2n) is 4.58. The van der Waals surface area contributed by atoms with E-state index in [4.69, 9.17) is 5.73 Å². The van der Waals surface area contributed by atoms with Crippen LogP contribution in [0.25, 0.3) is 0 Å². The summed E-state index contributed by atoms with van der Waals surface area (Å²) >= 11 is 1.77. The van der Waals surface area contributed by atoms with Crippen molar-refractivity contribution in [2.45, 2.75) is 19.5 Å². The maximum absolute atomic E-state index is 6.00. The molecule has 0 amide bonds. The summed E-state index contributed by atoms with van der Waals surface area (Å²) in [6.07, 6.45) is 1.14. The number of rotatable bonds is 3. The SMILES string of the molecule is Nc1cccc2c1CN(CCc1ccsc1)C2. The van der Waals surface area contributed by atoms with Gasteiger partial charge in [-0.3, -0.25) is 4.90 Å². The maximum atomic E-state index is 6.00. The van der Waals surface area contributed by atoms with Crippen LogP contribution in [0.3, 0.4) is 0 Å². The van der Waals surface area contributed by atoms with Crippen LogP contribution in [0, 0.1) is 0 Å². The Labute approximate surface area is 106 Å². The van der Waals surface area contributed by atoms with E-state index in [-0.39, 0.29) is 0 Å². The lowest BCUT2D eigenvalue weighted by atomic mass is 10.1. The molecule has 0 unspecified atom stereocenters. The van der Waals surface area contributed by atoms with Crippen molar-refractivity contribution in [1.82, 2.24) is 4.90 Å². The predicted molar refractivity (Wildman–Crippen MR) is 73.0 cm³/mol. The second kappa shape index (κ2) is 4.51. The van der Waals surface area contributed by atoms with Gasteiger partial charge in [0.25, 0.3) is 0 Å². The van der Waals surface area contributed by atoms with Crippen molar-refractivity contribution >= 4 is 17.0 Å². The summed E-state index contributed by atoms with van der Waals surface area (Å²) in [4.78, 5) is 2.47. The Bertz CT molecular complexity index is 505. The number of thiophene rings is 1. The van der Waals surface area contributed by atoms with Crippen LogP contribution in [-0.2, 0) is 19.5 Å². The van der Waals surface area contributed by atoms with Gasteiger partial charge in [-0.1, -0.05) is 12.1 Å². The molecule has 3 rings (SSSR count). The van der Waals surface area contributed by atoms with E-state index in [1.807, 2.05) is 6.07 Å². The highest BCUT2D eigenvalue weighted by molar-refractivity contribution is 7.07. The van der Waals surface area contributed by atoms with Crippen LogP contribution >= 0.6 is 11.3 Å². The number of nitrogens with zero attached hydrogens (tertiary/aromatic N) is 1. The molecule has 1 aromatic heterocycles. The van der Waals surface area contributed by atoms with Gasteiger partial charge < -0.3 is 5.73 Å². The molecule has 1 aliphatic heterocycles. The Morgan fingerprint density at radius 2 is 2.18 bits per heavy atom. The highest BCUT2D eigenvalue weighted by atomic mass is 32.1. The Morgan fingerprint density at radius 3 is 2.94 bits per heavy atom. The molecule has 2 aromatic rings. The molecular weight excluding hydrogens is 228 g/mol. The molecule has 0 bridgehead atoms. The number of nitrogen functional groups attached to an aromatic ring is 1. The lowest BCUT2D eigenvalue weighted by molar-refractivity contribution is 0.288. The van der Waals surface area contributed by atoms with E-state index < -0.39 is 0 Å². The third-order valence-electron chi connectivity index (χ3n) is 3.38. The van der Waals surface area contributed by atoms with Crippen LogP contribution in [0.4, 0.5) is 5.69 Å². The summed E-state index contributed by atoms with van der Waals surface area (Å²) in [7, 11) is 0. The number of benzene rings is 1. The predicted octanol–water partition coefficient (Wildman–Crippen LogP) is 2.89. The normalized spacial score (nSPS) is 15.1. The maximum Gasteiger partial charge on any atom is 0.0363 e. The number of anilines is 1. The van der Waals surface area contributed by atoms with Gasteiger partial charge in [-0.2, -0.15) is 11.3 Å². The molecule has 1 aliphatic rings. The lowest BCUT2D eigenvalue weighted by Gasteiger charge is -2.13. The van der Waals surface area contributed by atoms with Crippen LogP contribution < -0.4 is 5.73 Å². The molecule has 88 valence electrons. The molecule has 0 spiro atoms. The van der Waals surface area contributed by atoms with Crippen LogP contribution in [0.15, 0.2) is 35.0 Å². The molecule has 17 heavy (non-hydrogen) atoms. The summed E-state index contributed by atoms with van der Waals surface area (Å²) < 4.78 is 0. The van der Waals surface area contributed by atoms with Gasteiger partial charge in [-0.25, -0.2) is 0 Å². The Balaban J connectivity index is 1.64. The van der Waals surface area contributed by atoms with E-state index in [1.54, 1.807) is 11.3 Å². The molecule has 2 N–H and O–H groups in total. The van der Waals surface area contributed by atoms with Crippen LogP contribution in [-0.4, -0.2) is 11.4 Å². The van der Waals surface area contributed by atoms with Crippen molar-refractivity contribution < 1.29 is 0 Å². The first-order chi connectivity index (χ1) is 8.33. The first-order valence-electron chi connectivity index (χ1n) is 5.92. The Hall–Kier alpha value is -1.32. The fourth-order valence-electron chi connectivity index (χ4n) is 2.40. The summed E-state index contributed by atoms with van der Waals surface area (Å²) in [5.74, 6) is 0. The zero-order valence-corrected chi connectivity index (χ0v) is 10.5. The molecule has 3 heteroatoms. The molecule has 0 radical (unpaired) electrons. The summed E-state index contributed by atoms with van der Waals surface area (Å²) in [6.45, 7) is 3.17. The summed E-state index contributed by atoms with van der Waals surface area (Å²) in [5.41, 5.74) is 11.1. The van der Waals surface area contributed by atoms with E-state index in [0.717, 1.165) is 31.7 Å². The number of hydrogen-bond donors (Lipinski definition) is 1. The van der Waals surface area contributed by atoms with E-state index in [9.17, 15) is 0 Å². The quantitative estimate of drug-likeness (QED) is 0.841. The topological polar surface area (TPSA) is 29.3 Å². The van der Waals surface area contributed by atoms with Crippen LogP contribution in [0.5, 0.6) is 0 Å². The molecule has 2 heterocycles. The number of fused-ring (bicyclic) bond motifs is 1. The largest absolute Gasteiger partial charge is 0.398 e. The van der Waals surface area contributed by atoms with Crippen molar-refractivity contribution in [2.75, 3.05) is 12.3 Å². The van der Waals surface area contributed by atoms with E-state index in [1.165, 1.54) is 16.7 Å². The third kappa shape index (κ3) is 2.21. The smallest absolute Gasteiger partial charge is 0.0363 e. The van der Waals surface area contributed by atoms with Gasteiger partial charge >= 0.3 is 0 Å². The van der Waals surface area contributed by atoms with Crippen molar-refractivity contribution in [3.05, 3.63) is 51.7 Å². The fourth-order valence-corrected chi connectivity index (χ4v) is 3.10. The monoisotopic (exact) mass is 244 g/mol. The van der Waals surface area contributed by atoms with E-state index >= 15 is 0 Å². The van der Waals surface area contributed by atoms with Crippen molar-refractivity contribution in [3.63, 3.8) is 0 Å². The van der Waals surface area contributed by atoms with Crippen molar-refractivity contribution in [2.24, 2.45) is 0 Å². The van der Waals surface area contributed by atoms with E-state index in [2.05, 4.69) is 33.9 Å². The van der Waals surface area contributed by atoms with Gasteiger partial charge in [-0.05, 0) is 46.0 Å². The van der Waals surface area contributed by atoms with Gasteiger partial charge in [0, 0.05) is 25.3 Å². The first kappa shape index (κ1) is 10.8.